The third-order valence-electron chi connectivity index (χ3n) is 4.30. The summed E-state index contributed by atoms with van der Waals surface area (Å²) in [6.07, 6.45) is 5.13. The second kappa shape index (κ2) is 8.66. The Labute approximate surface area is 164 Å². The lowest BCUT2D eigenvalue weighted by atomic mass is 10.00. The highest BCUT2D eigenvalue weighted by Crippen LogP contribution is 2.18. The van der Waals surface area contributed by atoms with Crippen LogP contribution in [0.15, 0.2) is 54.0 Å². The molecule has 0 saturated carbocycles. The summed E-state index contributed by atoms with van der Waals surface area (Å²) in [5.74, 6) is 1.32. The number of guanidine groups is 1. The highest BCUT2D eigenvalue weighted by atomic mass is 16.3. The maximum Gasteiger partial charge on any atom is 0.191 e. The van der Waals surface area contributed by atoms with E-state index in [1.54, 1.807) is 30.3 Å². The average molecular weight is 382 g/mol. The zero-order valence-corrected chi connectivity index (χ0v) is 16.4. The van der Waals surface area contributed by atoms with E-state index in [0.29, 0.717) is 19.0 Å². The molecule has 0 spiro atoms. The summed E-state index contributed by atoms with van der Waals surface area (Å²) in [5, 5.41) is 29.4. The van der Waals surface area contributed by atoms with E-state index in [1.807, 2.05) is 48.9 Å². The third-order valence-corrected chi connectivity index (χ3v) is 4.30. The Bertz CT molecular complexity index is 913. The van der Waals surface area contributed by atoms with Gasteiger partial charge in [0.2, 0.25) is 0 Å². The van der Waals surface area contributed by atoms with Crippen molar-refractivity contribution in [3.05, 3.63) is 60.4 Å². The second-order valence-corrected chi connectivity index (χ2v) is 6.68. The molecule has 2 heterocycles. The van der Waals surface area contributed by atoms with Gasteiger partial charge in [0.25, 0.3) is 0 Å². The molecule has 0 amide bonds. The largest absolute Gasteiger partial charge is 0.383 e. The van der Waals surface area contributed by atoms with Gasteiger partial charge in [-0.25, -0.2) is 4.99 Å². The Morgan fingerprint density at radius 1 is 1.25 bits per heavy atom. The van der Waals surface area contributed by atoms with Gasteiger partial charge in [0.15, 0.2) is 11.8 Å². The maximum atomic E-state index is 10.7. The molecule has 148 valence electrons. The molecule has 1 unspecified atom stereocenters. The minimum atomic E-state index is -1.07. The van der Waals surface area contributed by atoms with Crippen molar-refractivity contribution < 1.29 is 5.11 Å². The fourth-order valence-electron chi connectivity index (χ4n) is 2.72. The summed E-state index contributed by atoms with van der Waals surface area (Å²) in [4.78, 5) is 4.58. The van der Waals surface area contributed by atoms with Crippen LogP contribution in [0.5, 0.6) is 0 Å². The first-order chi connectivity index (χ1) is 13.5. The fourth-order valence-corrected chi connectivity index (χ4v) is 2.72. The number of aliphatic imine (C=N–C) groups is 1. The molecule has 9 nitrogen and oxygen atoms in total. The number of benzene rings is 1. The molecule has 0 aliphatic carbocycles. The van der Waals surface area contributed by atoms with Crippen molar-refractivity contribution >= 4 is 5.96 Å². The first-order valence-electron chi connectivity index (χ1n) is 9.17. The number of aryl methyl sites for hydroxylation is 1. The molecule has 3 aromatic rings. The Morgan fingerprint density at radius 2 is 2.04 bits per heavy atom. The quantitative estimate of drug-likeness (QED) is 0.415. The van der Waals surface area contributed by atoms with E-state index < -0.39 is 5.60 Å². The average Bonchev–Trinajstić information content (AvgIpc) is 3.34. The molecule has 0 radical (unpaired) electrons. The van der Waals surface area contributed by atoms with E-state index in [9.17, 15) is 5.11 Å². The van der Waals surface area contributed by atoms with Gasteiger partial charge >= 0.3 is 0 Å². The van der Waals surface area contributed by atoms with Gasteiger partial charge in [-0.2, -0.15) is 5.10 Å². The minimum absolute atomic E-state index is 0.288. The monoisotopic (exact) mass is 382 g/mol. The van der Waals surface area contributed by atoms with E-state index in [-0.39, 0.29) is 6.54 Å². The fraction of sp³-hybridized carbons (Fsp3) is 0.368. The number of nitrogens with one attached hydrogen (secondary N) is 2. The molecular formula is C19H26N8O. The Morgan fingerprint density at radius 3 is 2.71 bits per heavy atom. The van der Waals surface area contributed by atoms with Crippen LogP contribution in [0.1, 0.15) is 25.2 Å². The number of rotatable bonds is 7. The van der Waals surface area contributed by atoms with Crippen molar-refractivity contribution in [2.45, 2.75) is 26.0 Å². The van der Waals surface area contributed by atoms with Crippen LogP contribution in [0.25, 0.3) is 5.69 Å². The number of aromatic nitrogens is 5. The second-order valence-electron chi connectivity index (χ2n) is 6.68. The lowest BCUT2D eigenvalue weighted by molar-refractivity contribution is 0.0616. The summed E-state index contributed by atoms with van der Waals surface area (Å²) in [7, 11) is 1.82. The van der Waals surface area contributed by atoms with E-state index >= 15 is 0 Å². The van der Waals surface area contributed by atoms with Crippen LogP contribution in [-0.2, 0) is 19.2 Å². The Balaban J connectivity index is 1.69. The highest BCUT2D eigenvalue weighted by molar-refractivity contribution is 5.79. The number of para-hydroxylation sites is 1. The normalized spacial score (nSPS) is 13.9. The topological polar surface area (TPSA) is 105 Å². The Hall–Kier alpha value is -3.20. The standard InChI is InChI=1S/C19H26N8O/c1-4-20-18(22-13-19(2,28)15-10-24-26(3)12-15)21-11-17-25-23-14-27(17)16-8-6-5-7-9-16/h5-10,12,14,28H,4,11,13H2,1-3H3,(H2,20,21,22). The lowest BCUT2D eigenvalue weighted by Crippen LogP contribution is -2.44. The smallest absolute Gasteiger partial charge is 0.191 e. The van der Waals surface area contributed by atoms with Crippen molar-refractivity contribution in [1.29, 1.82) is 0 Å². The molecule has 9 heteroatoms. The predicted molar refractivity (Wildman–Crippen MR) is 107 cm³/mol. The summed E-state index contributed by atoms with van der Waals surface area (Å²) in [6.45, 7) is 5.07. The zero-order valence-electron chi connectivity index (χ0n) is 16.4. The van der Waals surface area contributed by atoms with E-state index in [2.05, 4.69) is 30.9 Å². The van der Waals surface area contributed by atoms with E-state index in [0.717, 1.165) is 17.1 Å². The first-order valence-corrected chi connectivity index (χ1v) is 9.17. The summed E-state index contributed by atoms with van der Waals surface area (Å²) in [5.41, 5.74) is 0.645. The van der Waals surface area contributed by atoms with Gasteiger partial charge < -0.3 is 15.7 Å². The molecular weight excluding hydrogens is 356 g/mol. The van der Waals surface area contributed by atoms with Gasteiger partial charge in [0.1, 0.15) is 18.5 Å². The molecule has 3 N–H and O–H groups in total. The molecule has 0 saturated heterocycles. The summed E-state index contributed by atoms with van der Waals surface area (Å²) < 4.78 is 3.57. The van der Waals surface area contributed by atoms with Gasteiger partial charge in [0, 0.05) is 31.0 Å². The maximum absolute atomic E-state index is 10.7. The van der Waals surface area contributed by atoms with Crippen LogP contribution in [0.4, 0.5) is 0 Å². The summed E-state index contributed by atoms with van der Waals surface area (Å²) >= 11 is 0. The molecule has 0 aliphatic rings. The molecule has 1 aromatic carbocycles. The van der Waals surface area contributed by atoms with Crippen LogP contribution < -0.4 is 10.6 Å². The Kier molecular flexibility index (Phi) is 6.05. The van der Waals surface area contributed by atoms with Crippen LogP contribution in [-0.4, -0.2) is 48.7 Å². The molecule has 0 aliphatic heterocycles. The van der Waals surface area contributed by atoms with E-state index in [4.69, 9.17) is 0 Å². The van der Waals surface area contributed by atoms with Gasteiger partial charge in [-0.3, -0.25) is 9.25 Å². The summed E-state index contributed by atoms with van der Waals surface area (Å²) in [6, 6.07) is 9.88. The van der Waals surface area contributed by atoms with Gasteiger partial charge in [-0.05, 0) is 26.0 Å². The van der Waals surface area contributed by atoms with Crippen molar-refractivity contribution in [2.75, 3.05) is 13.1 Å². The SMILES string of the molecule is CCNC(=NCc1nncn1-c1ccccc1)NCC(C)(O)c1cnn(C)c1. The molecule has 0 bridgehead atoms. The molecule has 3 rings (SSSR count). The number of hydrogen-bond donors (Lipinski definition) is 3. The predicted octanol–water partition coefficient (Wildman–Crippen LogP) is 0.964. The highest BCUT2D eigenvalue weighted by Gasteiger charge is 2.25. The van der Waals surface area contributed by atoms with Crippen molar-refractivity contribution in [3.8, 4) is 5.69 Å². The van der Waals surface area contributed by atoms with Crippen molar-refractivity contribution in [2.24, 2.45) is 12.0 Å². The third kappa shape index (κ3) is 4.74. The van der Waals surface area contributed by atoms with Crippen molar-refractivity contribution in [1.82, 2.24) is 35.2 Å². The lowest BCUT2D eigenvalue weighted by Gasteiger charge is -2.23. The zero-order chi connectivity index (χ0) is 20.0. The number of nitrogens with zero attached hydrogens (tertiary/aromatic N) is 6. The van der Waals surface area contributed by atoms with Gasteiger partial charge in [-0.1, -0.05) is 18.2 Å². The molecule has 28 heavy (non-hydrogen) atoms. The van der Waals surface area contributed by atoms with Crippen LogP contribution in [0, 0.1) is 0 Å². The first kappa shape index (κ1) is 19.6. The van der Waals surface area contributed by atoms with Crippen LogP contribution >= 0.6 is 0 Å². The molecule has 1 atom stereocenters. The van der Waals surface area contributed by atoms with E-state index in [1.165, 1.54) is 0 Å². The van der Waals surface area contributed by atoms with Crippen LogP contribution in [0.2, 0.25) is 0 Å². The number of hydrogen-bond acceptors (Lipinski definition) is 5. The minimum Gasteiger partial charge on any atom is -0.383 e. The molecule has 0 fully saturated rings. The van der Waals surface area contributed by atoms with Gasteiger partial charge in [-0.15, -0.1) is 10.2 Å². The molecule has 2 aromatic heterocycles. The van der Waals surface area contributed by atoms with Crippen LogP contribution in [0.3, 0.4) is 0 Å². The van der Waals surface area contributed by atoms with Gasteiger partial charge in [0.05, 0.1) is 12.7 Å². The number of aliphatic hydroxyl groups is 1. The van der Waals surface area contributed by atoms with Crippen molar-refractivity contribution in [3.63, 3.8) is 0 Å².